The zero-order valence-corrected chi connectivity index (χ0v) is 16.3. The van der Waals surface area contributed by atoms with Crippen LogP contribution >= 0.6 is 11.3 Å². The molecule has 0 spiro atoms. The lowest BCUT2D eigenvalue weighted by atomic mass is 10.2. The highest BCUT2D eigenvalue weighted by Crippen LogP contribution is 2.25. The third-order valence-electron chi connectivity index (χ3n) is 3.81. The molecule has 2 N–H and O–H groups in total. The van der Waals surface area contributed by atoms with Crippen LogP contribution in [0.25, 0.3) is 10.9 Å². The Morgan fingerprint density at radius 2 is 1.89 bits per heavy atom. The van der Waals surface area contributed by atoms with Gasteiger partial charge in [-0.05, 0) is 32.0 Å². The second-order valence-electron chi connectivity index (χ2n) is 5.85. The maximum atomic E-state index is 13.0. The molecule has 3 aromatic rings. The van der Waals surface area contributed by atoms with Crippen LogP contribution in [0.3, 0.4) is 0 Å². The fourth-order valence-corrected chi connectivity index (χ4v) is 5.23. The number of aryl methyl sites for hydroxylation is 2. The van der Waals surface area contributed by atoms with Crippen LogP contribution in [0.4, 0.5) is 14.6 Å². The number of aromatic nitrogens is 2. The Labute approximate surface area is 159 Å². The first kappa shape index (κ1) is 19.6. The Morgan fingerprint density at radius 1 is 1.15 bits per heavy atom. The number of alkyl halides is 2. The zero-order chi connectivity index (χ0) is 19.6. The van der Waals surface area contributed by atoms with Crippen molar-refractivity contribution in [3.63, 3.8) is 0 Å². The summed E-state index contributed by atoms with van der Waals surface area (Å²) in [4.78, 5) is 9.60. The van der Waals surface area contributed by atoms with E-state index in [4.69, 9.17) is 0 Å². The second kappa shape index (κ2) is 7.83. The van der Waals surface area contributed by atoms with Gasteiger partial charge in [0.25, 0.3) is 6.43 Å². The van der Waals surface area contributed by atoms with Gasteiger partial charge >= 0.3 is 0 Å². The molecule has 0 aliphatic heterocycles. The van der Waals surface area contributed by atoms with E-state index in [0.29, 0.717) is 10.9 Å². The number of anilines is 1. The summed E-state index contributed by atoms with van der Waals surface area (Å²) in [5, 5.41) is 3.51. The van der Waals surface area contributed by atoms with Gasteiger partial charge in [-0.3, -0.25) is 0 Å². The number of rotatable bonds is 7. The van der Waals surface area contributed by atoms with Gasteiger partial charge in [0, 0.05) is 28.2 Å². The van der Waals surface area contributed by atoms with Crippen LogP contribution in [0.15, 0.2) is 35.2 Å². The molecule has 0 amide bonds. The molecule has 2 aromatic heterocycles. The quantitative estimate of drug-likeness (QED) is 0.579. The Bertz CT molecular complexity index is 1070. The molecular weight excluding hydrogens is 394 g/mol. The predicted octanol–water partition coefficient (Wildman–Crippen LogP) is 3.64. The van der Waals surface area contributed by atoms with Gasteiger partial charge in [-0.2, -0.15) is 0 Å². The van der Waals surface area contributed by atoms with Crippen LogP contribution in [0.2, 0.25) is 0 Å². The van der Waals surface area contributed by atoms with Crippen molar-refractivity contribution in [2.75, 3.05) is 18.4 Å². The zero-order valence-electron chi connectivity index (χ0n) is 14.7. The Hall–Kier alpha value is -2.17. The highest BCUT2D eigenvalue weighted by Gasteiger charge is 2.19. The molecule has 2 heterocycles. The van der Waals surface area contributed by atoms with Gasteiger partial charge in [0.2, 0.25) is 10.0 Å². The number of hydrogen-bond acceptors (Lipinski definition) is 6. The standard InChI is InChI=1S/C17H18F2N4O2S2/c1-10-9-14(11(2)26-10)27(24,25)21-8-7-20-16-12-5-3-4-6-13(12)22-17(23-16)15(18)19/h3-6,9,15,21H,7-8H2,1-2H3,(H,20,22,23). The molecule has 1 aromatic carbocycles. The van der Waals surface area contributed by atoms with Crippen LogP contribution in [-0.4, -0.2) is 31.5 Å². The number of nitrogens with zero attached hydrogens (tertiary/aromatic N) is 2. The van der Waals surface area contributed by atoms with Crippen molar-refractivity contribution in [3.05, 3.63) is 45.9 Å². The third kappa shape index (κ3) is 4.40. The van der Waals surface area contributed by atoms with Crippen molar-refractivity contribution in [2.24, 2.45) is 0 Å². The number of para-hydroxylation sites is 1. The fraction of sp³-hybridized carbons (Fsp3) is 0.294. The third-order valence-corrected chi connectivity index (χ3v) is 6.49. The van der Waals surface area contributed by atoms with Crippen molar-refractivity contribution < 1.29 is 17.2 Å². The van der Waals surface area contributed by atoms with Gasteiger partial charge in [-0.15, -0.1) is 11.3 Å². The summed E-state index contributed by atoms with van der Waals surface area (Å²) in [6.07, 6.45) is -2.79. The number of hydrogen-bond donors (Lipinski definition) is 2. The van der Waals surface area contributed by atoms with Gasteiger partial charge in [0.05, 0.1) is 10.4 Å². The van der Waals surface area contributed by atoms with Crippen LogP contribution in [0.5, 0.6) is 0 Å². The summed E-state index contributed by atoms with van der Waals surface area (Å²) >= 11 is 1.42. The SMILES string of the molecule is Cc1cc(S(=O)(=O)NCCNc2nc(C(F)F)nc3ccccc23)c(C)s1. The average molecular weight is 412 g/mol. The molecule has 0 radical (unpaired) electrons. The fourth-order valence-electron chi connectivity index (χ4n) is 2.65. The number of fused-ring (bicyclic) bond motifs is 1. The van der Waals surface area contributed by atoms with Crippen LogP contribution in [-0.2, 0) is 10.0 Å². The van der Waals surface area contributed by atoms with Crippen molar-refractivity contribution in [1.29, 1.82) is 0 Å². The van der Waals surface area contributed by atoms with E-state index in [-0.39, 0.29) is 23.8 Å². The average Bonchev–Trinajstić information content (AvgIpc) is 2.97. The van der Waals surface area contributed by atoms with Crippen LogP contribution in [0, 0.1) is 13.8 Å². The minimum Gasteiger partial charge on any atom is -0.368 e. The van der Waals surface area contributed by atoms with E-state index < -0.39 is 22.3 Å². The van der Waals surface area contributed by atoms with E-state index in [0.717, 1.165) is 9.75 Å². The second-order valence-corrected chi connectivity index (χ2v) is 9.05. The molecule has 3 rings (SSSR count). The smallest absolute Gasteiger partial charge is 0.297 e. The van der Waals surface area contributed by atoms with E-state index in [1.165, 1.54) is 11.3 Å². The van der Waals surface area contributed by atoms with Gasteiger partial charge in [-0.1, -0.05) is 12.1 Å². The molecule has 0 aliphatic rings. The highest BCUT2D eigenvalue weighted by molar-refractivity contribution is 7.89. The number of thiophene rings is 1. The van der Waals surface area contributed by atoms with E-state index >= 15 is 0 Å². The largest absolute Gasteiger partial charge is 0.368 e. The van der Waals surface area contributed by atoms with Gasteiger partial charge in [-0.25, -0.2) is 31.9 Å². The lowest BCUT2D eigenvalue weighted by molar-refractivity contribution is 0.141. The van der Waals surface area contributed by atoms with Gasteiger partial charge < -0.3 is 5.32 Å². The summed E-state index contributed by atoms with van der Waals surface area (Å²) in [6.45, 7) is 3.87. The molecule has 6 nitrogen and oxygen atoms in total. The molecule has 10 heteroatoms. The molecule has 0 saturated carbocycles. The van der Waals surface area contributed by atoms with Crippen LogP contribution in [0.1, 0.15) is 22.0 Å². The maximum absolute atomic E-state index is 13.0. The predicted molar refractivity (Wildman–Crippen MR) is 102 cm³/mol. The normalized spacial score (nSPS) is 12.0. The van der Waals surface area contributed by atoms with E-state index in [1.54, 1.807) is 37.3 Å². The molecule has 0 aliphatic carbocycles. The van der Waals surface area contributed by atoms with E-state index in [2.05, 4.69) is 20.0 Å². The lowest BCUT2D eigenvalue weighted by Crippen LogP contribution is -2.29. The Kier molecular flexibility index (Phi) is 5.68. The number of sulfonamides is 1. The monoisotopic (exact) mass is 412 g/mol. The van der Waals surface area contributed by atoms with E-state index in [9.17, 15) is 17.2 Å². The molecule has 0 unspecified atom stereocenters. The topological polar surface area (TPSA) is 84.0 Å². The summed E-state index contributed by atoms with van der Waals surface area (Å²) in [5.41, 5.74) is 0.398. The van der Waals surface area contributed by atoms with E-state index in [1.807, 2.05) is 6.92 Å². The molecular formula is C17H18F2N4O2S2. The molecule has 0 atom stereocenters. The molecule has 0 fully saturated rings. The molecule has 144 valence electrons. The summed E-state index contributed by atoms with van der Waals surface area (Å²) in [5.74, 6) is -0.321. The van der Waals surface area contributed by atoms with Gasteiger partial charge in [0.15, 0.2) is 5.82 Å². The number of benzene rings is 1. The summed E-state index contributed by atoms with van der Waals surface area (Å²) in [6, 6.07) is 8.42. The minimum absolute atomic E-state index is 0.0824. The Balaban J connectivity index is 1.71. The highest BCUT2D eigenvalue weighted by atomic mass is 32.2. The van der Waals surface area contributed by atoms with Gasteiger partial charge in [0.1, 0.15) is 5.82 Å². The number of nitrogens with one attached hydrogen (secondary N) is 2. The minimum atomic E-state index is -3.62. The van der Waals surface area contributed by atoms with Crippen molar-refractivity contribution in [2.45, 2.75) is 25.2 Å². The van der Waals surface area contributed by atoms with Crippen molar-refractivity contribution >= 4 is 38.1 Å². The Morgan fingerprint density at radius 3 is 2.56 bits per heavy atom. The van der Waals surface area contributed by atoms with Crippen molar-refractivity contribution in [3.8, 4) is 0 Å². The summed E-state index contributed by atoms with van der Waals surface area (Å²) < 4.78 is 53.3. The molecule has 27 heavy (non-hydrogen) atoms. The maximum Gasteiger partial charge on any atom is 0.297 e. The number of halogens is 2. The van der Waals surface area contributed by atoms with Crippen molar-refractivity contribution in [1.82, 2.24) is 14.7 Å². The lowest BCUT2D eigenvalue weighted by Gasteiger charge is -2.11. The molecule has 0 bridgehead atoms. The summed E-state index contributed by atoms with van der Waals surface area (Å²) in [7, 11) is -3.62. The molecule has 0 saturated heterocycles. The van der Waals surface area contributed by atoms with Crippen LogP contribution < -0.4 is 10.0 Å². The first-order valence-corrected chi connectivity index (χ1v) is 10.4. The first-order valence-electron chi connectivity index (χ1n) is 8.13. The first-order chi connectivity index (χ1) is 12.8.